The van der Waals surface area contributed by atoms with Gasteiger partial charge in [0.2, 0.25) is 5.95 Å². The number of nitro benzene ring substituents is 1. The summed E-state index contributed by atoms with van der Waals surface area (Å²) in [5.74, 6) is -0.485. The van der Waals surface area contributed by atoms with Crippen molar-refractivity contribution in [3.8, 4) is 6.07 Å². The molecule has 10 nitrogen and oxygen atoms in total. The zero-order chi connectivity index (χ0) is 21.6. The number of carbonyl (C=O) groups is 1. The second-order valence-corrected chi connectivity index (χ2v) is 8.14. The van der Waals surface area contributed by atoms with Crippen molar-refractivity contribution < 1.29 is 9.72 Å². The van der Waals surface area contributed by atoms with Crippen LogP contribution < -0.4 is 10.6 Å². The van der Waals surface area contributed by atoms with Crippen molar-refractivity contribution in [1.82, 2.24) is 15.2 Å². The molecular formula is C20H19N7O3. The highest BCUT2D eigenvalue weighted by atomic mass is 16.6. The SMILES string of the molecule is CC1(C)CC(=O)C2=C(C1)N(c1ncn[nH]1)C(N)=C(C#N)[C@H]2c1cccc([N+](=O)[O-])c1. The number of nitro groups is 1. The van der Waals surface area contributed by atoms with Crippen LogP contribution in [0.2, 0.25) is 0 Å². The smallest absolute Gasteiger partial charge is 0.269 e. The molecule has 2 aliphatic rings. The zero-order valence-corrected chi connectivity index (χ0v) is 16.4. The number of nitrogens with zero attached hydrogens (tertiary/aromatic N) is 5. The van der Waals surface area contributed by atoms with Crippen molar-refractivity contribution in [2.24, 2.45) is 11.1 Å². The average Bonchev–Trinajstić information content (AvgIpc) is 3.20. The molecule has 0 spiro atoms. The number of hydrogen-bond donors (Lipinski definition) is 2. The summed E-state index contributed by atoms with van der Waals surface area (Å²) < 4.78 is 0. The third-order valence-electron chi connectivity index (χ3n) is 5.41. The van der Waals surface area contributed by atoms with Gasteiger partial charge in [0.15, 0.2) is 5.78 Å². The van der Waals surface area contributed by atoms with Crippen molar-refractivity contribution in [2.45, 2.75) is 32.6 Å². The van der Waals surface area contributed by atoms with E-state index in [1.165, 1.54) is 18.5 Å². The Balaban J connectivity index is 1.99. The van der Waals surface area contributed by atoms with Crippen LogP contribution in [0.4, 0.5) is 11.6 Å². The fraction of sp³-hybridized carbons (Fsp3) is 0.300. The Labute approximate surface area is 171 Å². The largest absolute Gasteiger partial charge is 0.384 e. The lowest BCUT2D eigenvalue weighted by Gasteiger charge is -2.42. The standard InChI is InChI=1S/C20H19N7O3/c1-20(2)7-14-17(15(28)8-20)16(11-4-3-5-12(6-11)27(29)30)13(9-21)18(22)26(14)19-23-10-24-25-19/h3-6,10,16H,7-8,22H2,1-2H3,(H,23,24,25)/t16-/m1/s1. The number of non-ortho nitro benzene ring substituents is 1. The molecule has 1 atom stereocenters. The maximum absolute atomic E-state index is 13.3. The molecule has 1 aliphatic carbocycles. The molecule has 0 fully saturated rings. The number of H-pyrrole nitrogens is 1. The van der Waals surface area contributed by atoms with Gasteiger partial charge < -0.3 is 5.73 Å². The van der Waals surface area contributed by atoms with Gasteiger partial charge in [0.1, 0.15) is 12.1 Å². The predicted molar refractivity (Wildman–Crippen MR) is 107 cm³/mol. The third kappa shape index (κ3) is 3.00. The molecular weight excluding hydrogens is 386 g/mol. The molecule has 1 aliphatic heterocycles. The van der Waals surface area contributed by atoms with Gasteiger partial charge in [-0.25, -0.2) is 5.10 Å². The van der Waals surface area contributed by atoms with Crippen molar-refractivity contribution >= 4 is 17.4 Å². The molecule has 0 bridgehead atoms. The highest BCUT2D eigenvalue weighted by Crippen LogP contribution is 2.49. The van der Waals surface area contributed by atoms with Gasteiger partial charge in [-0.2, -0.15) is 15.3 Å². The van der Waals surface area contributed by atoms with Gasteiger partial charge >= 0.3 is 0 Å². The van der Waals surface area contributed by atoms with Crippen LogP contribution in [0.25, 0.3) is 0 Å². The zero-order valence-electron chi connectivity index (χ0n) is 16.4. The Bertz CT molecular complexity index is 1160. The fourth-order valence-electron chi connectivity index (χ4n) is 4.21. The van der Waals surface area contributed by atoms with E-state index >= 15 is 0 Å². The summed E-state index contributed by atoms with van der Waals surface area (Å²) in [5.41, 5.74) is 7.61. The molecule has 0 saturated heterocycles. The summed E-state index contributed by atoms with van der Waals surface area (Å²) in [6.45, 7) is 3.96. The summed E-state index contributed by atoms with van der Waals surface area (Å²) in [6, 6.07) is 8.08. The lowest BCUT2D eigenvalue weighted by Crippen LogP contribution is -2.42. The summed E-state index contributed by atoms with van der Waals surface area (Å²) in [4.78, 5) is 29.8. The van der Waals surface area contributed by atoms with E-state index in [-0.39, 0.29) is 28.3 Å². The van der Waals surface area contributed by atoms with Crippen LogP contribution in [0.15, 0.2) is 53.3 Å². The normalized spacial score (nSPS) is 20.8. The quantitative estimate of drug-likeness (QED) is 0.583. The number of aromatic nitrogens is 3. The first-order valence-electron chi connectivity index (χ1n) is 9.29. The maximum Gasteiger partial charge on any atom is 0.269 e. The number of hydrogen-bond acceptors (Lipinski definition) is 8. The number of benzene rings is 1. The number of allylic oxidation sites excluding steroid dienone is 3. The number of nitrogens with two attached hydrogens (primary N) is 1. The summed E-state index contributed by atoms with van der Waals surface area (Å²) in [6.07, 6.45) is 2.12. The van der Waals surface area contributed by atoms with Gasteiger partial charge in [-0.05, 0) is 17.4 Å². The summed E-state index contributed by atoms with van der Waals surface area (Å²) in [7, 11) is 0. The number of aromatic amines is 1. The van der Waals surface area contributed by atoms with E-state index in [1.54, 1.807) is 17.0 Å². The van der Waals surface area contributed by atoms with Gasteiger partial charge in [0, 0.05) is 29.8 Å². The van der Waals surface area contributed by atoms with Crippen LogP contribution in [0, 0.1) is 26.9 Å². The highest BCUT2D eigenvalue weighted by Gasteiger charge is 2.45. The van der Waals surface area contributed by atoms with Crippen LogP contribution in [0.5, 0.6) is 0 Å². The molecule has 152 valence electrons. The van der Waals surface area contributed by atoms with Crippen molar-refractivity contribution in [3.05, 3.63) is 68.9 Å². The molecule has 0 amide bonds. The summed E-state index contributed by atoms with van der Waals surface area (Å²) >= 11 is 0. The number of anilines is 1. The molecule has 10 heteroatoms. The Morgan fingerprint density at radius 1 is 1.40 bits per heavy atom. The van der Waals surface area contributed by atoms with Crippen molar-refractivity contribution in [3.63, 3.8) is 0 Å². The van der Waals surface area contributed by atoms with E-state index in [9.17, 15) is 20.2 Å². The number of nitrogens with one attached hydrogen (secondary N) is 1. The van der Waals surface area contributed by atoms with Gasteiger partial charge in [-0.3, -0.25) is 19.8 Å². The fourth-order valence-corrected chi connectivity index (χ4v) is 4.21. The van der Waals surface area contributed by atoms with E-state index in [0.29, 0.717) is 35.6 Å². The second kappa shape index (κ2) is 6.81. The Kier molecular flexibility index (Phi) is 4.38. The molecule has 2 heterocycles. The Hall–Kier alpha value is -4.00. The van der Waals surface area contributed by atoms with Crippen LogP contribution in [-0.2, 0) is 4.79 Å². The van der Waals surface area contributed by atoms with Gasteiger partial charge in [-0.15, -0.1) is 0 Å². The lowest BCUT2D eigenvalue weighted by molar-refractivity contribution is -0.384. The second-order valence-electron chi connectivity index (χ2n) is 8.14. The molecule has 0 unspecified atom stereocenters. The van der Waals surface area contributed by atoms with E-state index in [4.69, 9.17) is 5.73 Å². The lowest BCUT2D eigenvalue weighted by atomic mass is 9.68. The molecule has 4 rings (SSSR count). The third-order valence-corrected chi connectivity index (χ3v) is 5.41. The number of ketones is 1. The summed E-state index contributed by atoms with van der Waals surface area (Å²) in [5, 5.41) is 27.8. The van der Waals surface area contributed by atoms with Crippen LogP contribution in [0.3, 0.4) is 0 Å². The van der Waals surface area contributed by atoms with Gasteiger partial charge in [0.25, 0.3) is 5.69 Å². The van der Waals surface area contributed by atoms with Crippen LogP contribution >= 0.6 is 0 Å². The van der Waals surface area contributed by atoms with E-state index in [2.05, 4.69) is 21.3 Å². The number of carbonyl (C=O) groups excluding carboxylic acids is 1. The first kappa shape index (κ1) is 19.3. The van der Waals surface area contributed by atoms with E-state index in [1.807, 2.05) is 13.8 Å². The van der Waals surface area contributed by atoms with Crippen LogP contribution in [0.1, 0.15) is 38.2 Å². The molecule has 30 heavy (non-hydrogen) atoms. The number of rotatable bonds is 3. The first-order valence-corrected chi connectivity index (χ1v) is 9.29. The van der Waals surface area contributed by atoms with Crippen molar-refractivity contribution in [2.75, 3.05) is 4.90 Å². The maximum atomic E-state index is 13.3. The van der Waals surface area contributed by atoms with Crippen LogP contribution in [-0.4, -0.2) is 25.9 Å². The van der Waals surface area contributed by atoms with E-state index < -0.39 is 10.8 Å². The molecule has 1 aromatic heterocycles. The topological polar surface area (TPSA) is 155 Å². The highest BCUT2D eigenvalue weighted by molar-refractivity contribution is 6.01. The molecule has 1 aromatic carbocycles. The van der Waals surface area contributed by atoms with E-state index in [0.717, 1.165) is 0 Å². The number of Topliss-reactive ketones (excluding diaryl/α,β-unsaturated/α-hetero) is 1. The molecule has 2 aromatic rings. The minimum Gasteiger partial charge on any atom is -0.384 e. The predicted octanol–water partition coefficient (Wildman–Crippen LogP) is 2.65. The van der Waals surface area contributed by atoms with Gasteiger partial charge in [0.05, 0.1) is 22.5 Å². The first-order chi connectivity index (χ1) is 14.2. The minimum absolute atomic E-state index is 0.119. The Morgan fingerprint density at radius 3 is 2.80 bits per heavy atom. The average molecular weight is 405 g/mol. The molecule has 0 radical (unpaired) electrons. The molecule has 0 saturated carbocycles. The Morgan fingerprint density at radius 2 is 2.17 bits per heavy atom. The van der Waals surface area contributed by atoms with Gasteiger partial charge in [-0.1, -0.05) is 26.0 Å². The van der Waals surface area contributed by atoms with Crippen molar-refractivity contribution in [1.29, 1.82) is 5.26 Å². The number of nitriles is 1. The monoisotopic (exact) mass is 405 g/mol. The molecule has 3 N–H and O–H groups in total. The minimum atomic E-state index is -0.785.